The van der Waals surface area contributed by atoms with Gasteiger partial charge in [0.2, 0.25) is 5.91 Å². The Kier molecular flexibility index (Phi) is 15.4. The molecule has 5 nitrogen and oxygen atoms in total. The van der Waals surface area contributed by atoms with Gasteiger partial charge < -0.3 is 15.8 Å². The molecule has 1 rings (SSSR count). The summed E-state index contributed by atoms with van der Waals surface area (Å²) in [5.74, 6) is -0.459. The fourth-order valence-electron chi connectivity index (χ4n) is 3.49. The van der Waals surface area contributed by atoms with Crippen molar-refractivity contribution in [1.29, 1.82) is 0 Å². The van der Waals surface area contributed by atoms with Crippen LogP contribution in [0.1, 0.15) is 119 Å². The number of ether oxygens (including phenoxy) is 1. The molecule has 0 aliphatic heterocycles. The van der Waals surface area contributed by atoms with Gasteiger partial charge in [-0.15, -0.1) is 11.3 Å². The molecule has 172 valence electrons. The Bertz CT molecular complexity index is 601. The second kappa shape index (κ2) is 17.3. The molecule has 0 aliphatic rings. The number of unbranched alkanes of at least 4 members (excludes halogenated alkanes) is 12. The van der Waals surface area contributed by atoms with Gasteiger partial charge in [-0.25, -0.2) is 4.79 Å². The maximum absolute atomic E-state index is 12.3. The van der Waals surface area contributed by atoms with Crippen LogP contribution in [0.4, 0.5) is 5.00 Å². The largest absolute Gasteiger partial charge is 0.462 e. The van der Waals surface area contributed by atoms with Crippen LogP contribution >= 0.6 is 11.3 Å². The first-order valence-electron chi connectivity index (χ1n) is 11.9. The molecule has 0 saturated carbocycles. The molecule has 1 aromatic rings. The normalized spacial score (nSPS) is 10.9. The first-order chi connectivity index (χ1) is 14.6. The van der Waals surface area contributed by atoms with Crippen LogP contribution in [-0.2, 0) is 16.1 Å². The number of nitrogens with one attached hydrogen (secondary N) is 1. The van der Waals surface area contributed by atoms with Crippen LogP contribution in [0.2, 0.25) is 0 Å². The lowest BCUT2D eigenvalue weighted by atomic mass is 10.0. The average Bonchev–Trinajstić information content (AvgIpc) is 3.14. The van der Waals surface area contributed by atoms with Crippen LogP contribution in [-0.4, -0.2) is 18.5 Å². The predicted octanol–water partition coefficient (Wildman–Crippen LogP) is 6.80. The summed E-state index contributed by atoms with van der Waals surface area (Å²) in [6.45, 7) is 4.67. The lowest BCUT2D eigenvalue weighted by Gasteiger charge is -2.06. The van der Waals surface area contributed by atoms with Gasteiger partial charge in [0.1, 0.15) is 5.00 Å². The van der Waals surface area contributed by atoms with Crippen molar-refractivity contribution in [2.24, 2.45) is 5.73 Å². The Hall–Kier alpha value is -1.40. The van der Waals surface area contributed by atoms with Crippen LogP contribution in [0.3, 0.4) is 0 Å². The fraction of sp³-hybridized carbons (Fsp3) is 0.750. The van der Waals surface area contributed by atoms with Gasteiger partial charge in [0.05, 0.1) is 12.2 Å². The van der Waals surface area contributed by atoms with E-state index in [1.54, 1.807) is 13.0 Å². The number of rotatable bonds is 18. The Morgan fingerprint density at radius 1 is 0.900 bits per heavy atom. The zero-order valence-corrected chi connectivity index (χ0v) is 19.9. The number of hydrogen-bond acceptors (Lipinski definition) is 5. The van der Waals surface area contributed by atoms with Crippen LogP contribution in [0.15, 0.2) is 6.07 Å². The minimum Gasteiger partial charge on any atom is -0.462 e. The van der Waals surface area contributed by atoms with Gasteiger partial charge in [0.25, 0.3) is 0 Å². The number of carbonyl (C=O) groups excluding carboxylic acids is 2. The summed E-state index contributed by atoms with van der Waals surface area (Å²) in [6.07, 6.45) is 17.2. The highest BCUT2D eigenvalue weighted by Gasteiger charge is 2.18. The molecule has 0 fully saturated rings. The van der Waals surface area contributed by atoms with Crippen molar-refractivity contribution in [2.45, 2.75) is 110 Å². The van der Waals surface area contributed by atoms with Crippen molar-refractivity contribution in [3.63, 3.8) is 0 Å². The summed E-state index contributed by atoms with van der Waals surface area (Å²) in [5.41, 5.74) is 6.08. The van der Waals surface area contributed by atoms with Crippen molar-refractivity contribution in [2.75, 3.05) is 11.9 Å². The monoisotopic (exact) mass is 438 g/mol. The van der Waals surface area contributed by atoms with Crippen molar-refractivity contribution in [1.82, 2.24) is 0 Å². The average molecular weight is 439 g/mol. The molecule has 0 spiro atoms. The SMILES string of the molecule is CCCCCCCCCCCCCCCC(=O)Nc1sc(CN)cc1C(=O)OCC. The molecule has 0 aromatic carbocycles. The molecular weight excluding hydrogens is 396 g/mol. The van der Waals surface area contributed by atoms with Crippen LogP contribution < -0.4 is 11.1 Å². The van der Waals surface area contributed by atoms with Gasteiger partial charge in [-0.1, -0.05) is 84.0 Å². The first-order valence-corrected chi connectivity index (χ1v) is 12.7. The number of nitrogens with two attached hydrogens (primary N) is 1. The minimum atomic E-state index is -0.412. The van der Waals surface area contributed by atoms with Gasteiger partial charge >= 0.3 is 5.97 Å². The summed E-state index contributed by atoms with van der Waals surface area (Å²) < 4.78 is 5.07. The number of hydrogen-bond donors (Lipinski definition) is 2. The molecule has 6 heteroatoms. The van der Waals surface area contributed by atoms with Crippen molar-refractivity contribution in [3.8, 4) is 0 Å². The Labute approximate surface area is 187 Å². The molecule has 3 N–H and O–H groups in total. The Balaban J connectivity index is 2.11. The summed E-state index contributed by atoms with van der Waals surface area (Å²) in [7, 11) is 0. The summed E-state index contributed by atoms with van der Waals surface area (Å²) in [4.78, 5) is 25.2. The van der Waals surface area contributed by atoms with Gasteiger partial charge in [0, 0.05) is 17.8 Å². The molecule has 0 bridgehead atoms. The van der Waals surface area contributed by atoms with E-state index in [1.165, 1.54) is 82.0 Å². The van der Waals surface area contributed by atoms with Gasteiger partial charge in [0.15, 0.2) is 0 Å². The molecule has 0 saturated heterocycles. The lowest BCUT2D eigenvalue weighted by molar-refractivity contribution is -0.116. The maximum atomic E-state index is 12.3. The molecule has 0 unspecified atom stereocenters. The predicted molar refractivity (Wildman–Crippen MR) is 127 cm³/mol. The standard InChI is InChI=1S/C24H42N2O3S/c1-3-5-6-7-8-9-10-11-12-13-14-15-16-17-22(27)26-23-21(24(28)29-4-2)18-20(19-25)30-23/h18H,3-17,19,25H2,1-2H3,(H,26,27). The Morgan fingerprint density at radius 2 is 1.43 bits per heavy atom. The van der Waals surface area contributed by atoms with Gasteiger partial charge in [-0.05, 0) is 19.4 Å². The summed E-state index contributed by atoms with van der Waals surface area (Å²) >= 11 is 1.35. The van der Waals surface area contributed by atoms with E-state index in [0.29, 0.717) is 30.1 Å². The van der Waals surface area contributed by atoms with Crippen molar-refractivity contribution in [3.05, 3.63) is 16.5 Å². The van der Waals surface area contributed by atoms with E-state index in [1.807, 2.05) is 0 Å². The highest BCUT2D eigenvalue weighted by atomic mass is 32.1. The van der Waals surface area contributed by atoms with E-state index < -0.39 is 5.97 Å². The third-order valence-electron chi connectivity index (χ3n) is 5.24. The molecule has 0 radical (unpaired) electrons. The minimum absolute atomic E-state index is 0.0472. The van der Waals surface area contributed by atoms with E-state index in [-0.39, 0.29) is 5.91 Å². The highest BCUT2D eigenvalue weighted by Crippen LogP contribution is 2.29. The Morgan fingerprint density at radius 3 is 1.93 bits per heavy atom. The van der Waals surface area contributed by atoms with Gasteiger partial charge in [-0.3, -0.25) is 4.79 Å². The second-order valence-electron chi connectivity index (χ2n) is 7.92. The van der Waals surface area contributed by atoms with Crippen molar-refractivity contribution >= 4 is 28.2 Å². The smallest absolute Gasteiger partial charge is 0.341 e. The third-order valence-corrected chi connectivity index (χ3v) is 6.31. The molecule has 1 heterocycles. The number of anilines is 1. The highest BCUT2D eigenvalue weighted by molar-refractivity contribution is 7.16. The zero-order chi connectivity index (χ0) is 22.0. The maximum Gasteiger partial charge on any atom is 0.341 e. The molecule has 0 atom stereocenters. The van der Waals surface area contributed by atoms with Crippen molar-refractivity contribution < 1.29 is 14.3 Å². The fourth-order valence-corrected chi connectivity index (χ4v) is 4.43. The molecule has 0 aliphatic carbocycles. The van der Waals surface area contributed by atoms with Crippen LogP contribution in [0, 0.1) is 0 Å². The molecule has 30 heavy (non-hydrogen) atoms. The van der Waals surface area contributed by atoms with Crippen LogP contribution in [0.5, 0.6) is 0 Å². The van der Waals surface area contributed by atoms with E-state index >= 15 is 0 Å². The van der Waals surface area contributed by atoms with Gasteiger partial charge in [-0.2, -0.15) is 0 Å². The summed E-state index contributed by atoms with van der Waals surface area (Å²) in [5, 5.41) is 3.42. The quantitative estimate of drug-likeness (QED) is 0.195. The van der Waals surface area contributed by atoms with Crippen LogP contribution in [0.25, 0.3) is 0 Å². The molecule has 1 aromatic heterocycles. The number of thiophene rings is 1. The zero-order valence-electron chi connectivity index (χ0n) is 19.1. The molecular formula is C24H42N2O3S. The van der Waals surface area contributed by atoms with E-state index in [4.69, 9.17) is 10.5 Å². The van der Waals surface area contributed by atoms with E-state index in [2.05, 4.69) is 12.2 Å². The van der Waals surface area contributed by atoms with E-state index in [0.717, 1.165) is 17.7 Å². The topological polar surface area (TPSA) is 81.4 Å². The summed E-state index contributed by atoms with van der Waals surface area (Å²) in [6, 6.07) is 1.71. The lowest BCUT2D eigenvalue weighted by Crippen LogP contribution is -2.13. The number of esters is 1. The van der Waals surface area contributed by atoms with E-state index in [9.17, 15) is 9.59 Å². The first kappa shape index (κ1) is 26.6. The number of amides is 1. The molecule has 1 amide bonds. The number of carbonyl (C=O) groups is 2. The third kappa shape index (κ3) is 11.7. The second-order valence-corrected chi connectivity index (χ2v) is 9.06.